The van der Waals surface area contributed by atoms with E-state index < -0.39 is 47.3 Å². The molecular formula is C38H49F3N6O9. The largest absolute Gasteiger partial charge is 0.491 e. The number of nitrogens with zero attached hydrogens (tertiary/aromatic N) is 4. The van der Waals surface area contributed by atoms with Gasteiger partial charge in [0.25, 0.3) is 11.8 Å². The monoisotopic (exact) mass is 790 g/mol. The second-order valence-electron chi connectivity index (χ2n) is 15.0. The van der Waals surface area contributed by atoms with E-state index in [1.54, 1.807) is 88.9 Å². The smallest absolute Gasteiger partial charge is 0.473 e. The molecule has 2 aliphatic heterocycles. The van der Waals surface area contributed by atoms with Gasteiger partial charge in [0.05, 0.1) is 11.1 Å². The van der Waals surface area contributed by atoms with Crippen molar-refractivity contribution in [3.63, 3.8) is 0 Å². The summed E-state index contributed by atoms with van der Waals surface area (Å²) in [5, 5.41) is 5.96. The minimum atomic E-state index is -5.23. The topological polar surface area (TPSA) is 168 Å². The molecule has 0 spiro atoms. The number of ether oxygens (including phenoxy) is 3. The summed E-state index contributed by atoms with van der Waals surface area (Å²) in [5.74, 6) is -3.11. The van der Waals surface area contributed by atoms with E-state index in [-0.39, 0.29) is 82.4 Å². The summed E-state index contributed by atoms with van der Waals surface area (Å²) < 4.78 is 57.2. The van der Waals surface area contributed by atoms with Crippen molar-refractivity contribution in [1.82, 2.24) is 25.5 Å². The molecule has 0 saturated carbocycles. The second kappa shape index (κ2) is 18.5. The zero-order chi connectivity index (χ0) is 41.3. The summed E-state index contributed by atoms with van der Waals surface area (Å²) in [4.78, 5) is 73.9. The first-order valence-corrected chi connectivity index (χ1v) is 18.2. The number of nitrogens with one attached hydrogen (secondary N) is 2. The van der Waals surface area contributed by atoms with Crippen molar-refractivity contribution < 1.29 is 56.2 Å². The van der Waals surface area contributed by atoms with Crippen LogP contribution in [0.5, 0.6) is 5.75 Å². The molecule has 0 atom stereocenters. The maximum Gasteiger partial charge on any atom is 0.473 e. The average molecular weight is 791 g/mol. The van der Waals surface area contributed by atoms with E-state index in [9.17, 15) is 37.1 Å². The molecule has 0 unspecified atom stereocenters. The van der Waals surface area contributed by atoms with Crippen molar-refractivity contribution in [1.29, 1.82) is 0 Å². The molecule has 2 aliphatic rings. The minimum Gasteiger partial charge on any atom is -0.491 e. The number of benzene rings is 2. The maximum atomic E-state index is 13.6. The fraction of sp³-hybridized carbons (Fsp3) is 0.526. The van der Waals surface area contributed by atoms with Gasteiger partial charge in [-0.2, -0.15) is 18.2 Å². The molecule has 0 aliphatic carbocycles. The van der Waals surface area contributed by atoms with Gasteiger partial charge in [0, 0.05) is 39.3 Å². The van der Waals surface area contributed by atoms with Crippen molar-refractivity contribution >= 4 is 35.9 Å². The first kappa shape index (κ1) is 43.3. The van der Waals surface area contributed by atoms with Crippen LogP contribution >= 0.6 is 0 Å². The number of fused-ring (bicyclic) bond motifs is 2. The Labute approximate surface area is 323 Å². The van der Waals surface area contributed by atoms with Gasteiger partial charge in [0.2, 0.25) is 5.96 Å². The van der Waals surface area contributed by atoms with Crippen molar-refractivity contribution in [2.45, 2.75) is 84.7 Å². The molecule has 15 nitrogen and oxygen atoms in total. The normalized spacial score (nSPS) is 14.6. The number of guanidine groups is 1. The van der Waals surface area contributed by atoms with Gasteiger partial charge in [-0.3, -0.25) is 19.2 Å². The molecule has 4 rings (SSSR count). The standard InChI is InChI=1S/C38H49F3N6O9/c1-36(2,3)55-34(51)42-16-9-18-45(19-10-17-43-35(52)56-37(4,5)6)33(44-32(50)38(39,40)41)46-20-15-25-23-27(14-13-26(25)24-46)53-21-22-54-47-30(48)28-11-7-8-12-29(28)31(47)49/h7-8,11-14,23H,9-10,15-22,24H2,1-6H3,(H,42,51)(H,43,52)/b44-33-. The number of hydrogen-bond donors (Lipinski definition) is 2. The van der Waals surface area contributed by atoms with Gasteiger partial charge in [-0.1, -0.05) is 18.2 Å². The van der Waals surface area contributed by atoms with Crippen LogP contribution in [0.3, 0.4) is 0 Å². The fourth-order valence-corrected chi connectivity index (χ4v) is 5.72. The van der Waals surface area contributed by atoms with E-state index in [0.29, 0.717) is 17.2 Å². The first-order valence-electron chi connectivity index (χ1n) is 18.2. The van der Waals surface area contributed by atoms with E-state index in [1.807, 2.05) is 0 Å². The number of rotatable bonds is 13. The van der Waals surface area contributed by atoms with Gasteiger partial charge in [-0.15, -0.1) is 5.06 Å². The Kier molecular flexibility index (Phi) is 14.3. The molecule has 5 amide bonds. The lowest BCUT2D eigenvalue weighted by Crippen LogP contribution is -2.49. The molecular weight excluding hydrogens is 741 g/mol. The third kappa shape index (κ3) is 12.8. The van der Waals surface area contributed by atoms with Crippen molar-refractivity contribution in [2.75, 3.05) is 45.9 Å². The molecule has 0 aromatic heterocycles. The van der Waals surface area contributed by atoms with Crippen LogP contribution in [0.4, 0.5) is 22.8 Å². The number of imide groups is 1. The third-order valence-electron chi connectivity index (χ3n) is 8.08. The van der Waals surface area contributed by atoms with Gasteiger partial charge in [-0.25, -0.2) is 9.59 Å². The van der Waals surface area contributed by atoms with E-state index in [0.717, 1.165) is 11.1 Å². The van der Waals surface area contributed by atoms with Crippen LogP contribution in [-0.4, -0.2) is 114 Å². The van der Waals surface area contributed by atoms with Crippen LogP contribution in [0.25, 0.3) is 0 Å². The van der Waals surface area contributed by atoms with E-state index in [2.05, 4.69) is 15.6 Å². The van der Waals surface area contributed by atoms with Gasteiger partial charge < -0.3 is 34.6 Å². The Bertz CT molecular complexity index is 1720. The number of halogens is 3. The molecule has 0 fully saturated rings. The Balaban J connectivity index is 1.43. The molecule has 2 heterocycles. The van der Waals surface area contributed by atoms with Gasteiger partial charge in [-0.05, 0) is 96.2 Å². The van der Waals surface area contributed by atoms with Crippen LogP contribution in [0, 0.1) is 0 Å². The summed E-state index contributed by atoms with van der Waals surface area (Å²) in [6, 6.07) is 11.6. The lowest BCUT2D eigenvalue weighted by molar-refractivity contribution is -0.169. The van der Waals surface area contributed by atoms with Crippen LogP contribution in [0.1, 0.15) is 86.2 Å². The zero-order valence-electron chi connectivity index (χ0n) is 32.4. The number of carbonyl (C=O) groups excluding carboxylic acids is 5. The zero-order valence-corrected chi connectivity index (χ0v) is 32.4. The first-order chi connectivity index (χ1) is 26.2. The number of hydroxylamine groups is 2. The van der Waals surface area contributed by atoms with Crippen LogP contribution in [0.15, 0.2) is 47.5 Å². The van der Waals surface area contributed by atoms with Crippen molar-refractivity contribution in [2.24, 2.45) is 4.99 Å². The van der Waals surface area contributed by atoms with Crippen molar-refractivity contribution in [3.05, 3.63) is 64.7 Å². The summed E-state index contributed by atoms with van der Waals surface area (Å²) in [5.41, 5.74) is 0.669. The van der Waals surface area contributed by atoms with Crippen LogP contribution < -0.4 is 15.4 Å². The number of alkyl halides is 3. The van der Waals surface area contributed by atoms with Gasteiger partial charge in [0.15, 0.2) is 0 Å². The average Bonchev–Trinajstić information content (AvgIpc) is 3.34. The molecule has 0 saturated heterocycles. The molecule has 0 radical (unpaired) electrons. The number of amides is 5. The van der Waals surface area contributed by atoms with Crippen LogP contribution in [-0.2, 0) is 32.1 Å². The second-order valence-corrected chi connectivity index (χ2v) is 15.0. The molecule has 56 heavy (non-hydrogen) atoms. The lowest BCUT2D eigenvalue weighted by Gasteiger charge is -2.37. The highest BCUT2D eigenvalue weighted by molar-refractivity contribution is 6.20. The number of alkyl carbamates (subject to hydrolysis) is 2. The van der Waals surface area contributed by atoms with E-state index in [4.69, 9.17) is 19.0 Å². The van der Waals surface area contributed by atoms with Crippen molar-refractivity contribution in [3.8, 4) is 5.75 Å². The highest BCUT2D eigenvalue weighted by atomic mass is 19.4. The highest BCUT2D eigenvalue weighted by Crippen LogP contribution is 2.27. The quantitative estimate of drug-likeness (QED) is 0.118. The third-order valence-corrected chi connectivity index (χ3v) is 8.08. The molecule has 18 heteroatoms. The SMILES string of the molecule is CC(C)(C)OC(=O)NCCCN(CCCNC(=O)OC(C)(C)C)/C(=N/C(=O)C(F)(F)F)N1CCc2cc(OCCON3C(=O)c4ccccc4C3=O)ccc2C1. The summed E-state index contributed by atoms with van der Waals surface area (Å²) in [6.07, 6.45) is -5.64. The van der Waals surface area contributed by atoms with Gasteiger partial charge in [0.1, 0.15) is 30.2 Å². The Morgan fingerprint density at radius 3 is 1.88 bits per heavy atom. The Morgan fingerprint density at radius 1 is 0.804 bits per heavy atom. The number of hydrogen-bond acceptors (Lipinski definition) is 9. The van der Waals surface area contributed by atoms with E-state index in [1.165, 1.54) is 4.90 Å². The predicted octanol–water partition coefficient (Wildman–Crippen LogP) is 5.23. The minimum absolute atomic E-state index is 0.00913. The number of aliphatic imine (C=N–C) groups is 1. The molecule has 2 aromatic rings. The maximum absolute atomic E-state index is 13.6. The van der Waals surface area contributed by atoms with Crippen LogP contribution in [0.2, 0.25) is 0 Å². The van der Waals surface area contributed by atoms with Gasteiger partial charge >= 0.3 is 24.3 Å². The molecule has 0 bridgehead atoms. The predicted molar refractivity (Wildman–Crippen MR) is 197 cm³/mol. The molecule has 306 valence electrons. The Hall–Kier alpha value is -5.39. The summed E-state index contributed by atoms with van der Waals surface area (Å²) in [6.45, 7) is 10.9. The lowest BCUT2D eigenvalue weighted by atomic mass is 9.99. The molecule has 2 aromatic carbocycles. The fourth-order valence-electron chi connectivity index (χ4n) is 5.72. The Morgan fingerprint density at radius 2 is 1.36 bits per heavy atom. The molecule has 2 N–H and O–H groups in total. The summed E-state index contributed by atoms with van der Waals surface area (Å²) in [7, 11) is 0. The van der Waals surface area contributed by atoms with E-state index >= 15 is 0 Å². The summed E-state index contributed by atoms with van der Waals surface area (Å²) >= 11 is 0. The highest BCUT2D eigenvalue weighted by Gasteiger charge is 2.40. The number of carbonyl (C=O) groups is 5.